The van der Waals surface area contributed by atoms with Crippen LogP contribution < -0.4 is 0 Å². The van der Waals surface area contributed by atoms with Crippen LogP contribution in [0.1, 0.15) is 37.1 Å². The Hall–Kier alpha value is -2.77. The number of hydrogen-bond donors (Lipinski definition) is 1. The lowest BCUT2D eigenvalue weighted by atomic mass is 9.97. The average Bonchev–Trinajstić information content (AvgIpc) is 3.18. The first-order valence-electron chi connectivity index (χ1n) is 10.1. The Morgan fingerprint density at radius 1 is 1.21 bits per heavy atom. The fourth-order valence-corrected chi connectivity index (χ4v) is 3.88. The second-order valence-electron chi connectivity index (χ2n) is 7.45. The molecule has 7 heteroatoms. The van der Waals surface area contributed by atoms with Gasteiger partial charge < -0.3 is 9.84 Å². The quantitative estimate of drug-likeness (QED) is 0.648. The predicted octanol–water partition coefficient (Wildman–Crippen LogP) is 2.75. The van der Waals surface area contributed by atoms with Gasteiger partial charge in [-0.2, -0.15) is 10.2 Å². The number of likely N-dealkylation sites (tertiary alicyclic amines) is 1. The zero-order valence-electron chi connectivity index (χ0n) is 16.6. The Morgan fingerprint density at radius 2 is 1.97 bits per heavy atom. The number of benzene rings is 2. The number of esters is 1. The molecular weight excluding hydrogens is 368 g/mol. The van der Waals surface area contributed by atoms with Crippen LogP contribution in [0.2, 0.25) is 0 Å². The largest absolute Gasteiger partial charge is 0.466 e. The van der Waals surface area contributed by atoms with Crippen molar-refractivity contribution in [1.82, 2.24) is 19.9 Å². The van der Waals surface area contributed by atoms with Crippen LogP contribution in [-0.4, -0.2) is 50.7 Å². The molecule has 1 saturated heterocycles. The van der Waals surface area contributed by atoms with Gasteiger partial charge in [-0.05, 0) is 50.1 Å². The smallest absolute Gasteiger partial charge is 0.310 e. The minimum absolute atomic E-state index is 0.0572. The van der Waals surface area contributed by atoms with Crippen molar-refractivity contribution < 1.29 is 14.6 Å². The van der Waals surface area contributed by atoms with Gasteiger partial charge >= 0.3 is 5.97 Å². The Morgan fingerprint density at radius 3 is 2.69 bits per heavy atom. The van der Waals surface area contributed by atoms with Crippen molar-refractivity contribution in [2.45, 2.75) is 32.5 Å². The van der Waals surface area contributed by atoms with E-state index in [4.69, 9.17) is 4.74 Å². The summed E-state index contributed by atoms with van der Waals surface area (Å²) in [6.07, 6.45) is 0.915. The van der Waals surface area contributed by atoms with Gasteiger partial charge in [0.05, 0.1) is 12.5 Å². The molecule has 1 aliphatic heterocycles. The van der Waals surface area contributed by atoms with Crippen molar-refractivity contribution in [3.05, 3.63) is 59.7 Å². The van der Waals surface area contributed by atoms with E-state index in [-0.39, 0.29) is 11.9 Å². The van der Waals surface area contributed by atoms with Crippen molar-refractivity contribution in [3.8, 4) is 0 Å². The SMILES string of the molecule is CCOC(=O)C1CCCN(Cc2cccc(C(O)n3nc4ccccc4n3)c2)C1. The first-order chi connectivity index (χ1) is 14.1. The average molecular weight is 394 g/mol. The number of carbonyl (C=O) groups excluding carboxylic acids is 1. The monoisotopic (exact) mass is 394 g/mol. The molecule has 1 aromatic heterocycles. The van der Waals surface area contributed by atoms with Gasteiger partial charge in [-0.3, -0.25) is 9.69 Å². The highest BCUT2D eigenvalue weighted by Gasteiger charge is 2.27. The molecule has 7 nitrogen and oxygen atoms in total. The maximum atomic E-state index is 12.1. The number of nitrogens with zero attached hydrogens (tertiary/aromatic N) is 4. The van der Waals surface area contributed by atoms with Crippen LogP contribution in [-0.2, 0) is 16.1 Å². The number of aromatic nitrogens is 3. The zero-order valence-corrected chi connectivity index (χ0v) is 16.6. The standard InChI is InChI=1S/C22H26N4O3/c1-2-29-22(28)18-9-6-12-25(15-18)14-16-7-5-8-17(13-16)21(27)26-23-19-10-3-4-11-20(19)24-26/h3-5,7-8,10-11,13,18,21,27H,2,6,9,12,14-15H2,1H3. The van der Waals surface area contributed by atoms with Gasteiger partial charge in [-0.25, -0.2) is 0 Å². The van der Waals surface area contributed by atoms with E-state index in [9.17, 15) is 9.90 Å². The highest BCUT2D eigenvalue weighted by Crippen LogP contribution is 2.22. The summed E-state index contributed by atoms with van der Waals surface area (Å²) in [5, 5.41) is 19.5. The van der Waals surface area contributed by atoms with Crippen LogP contribution in [0.15, 0.2) is 48.5 Å². The lowest BCUT2D eigenvalue weighted by Crippen LogP contribution is -2.38. The van der Waals surface area contributed by atoms with Gasteiger partial charge in [0.25, 0.3) is 0 Å². The van der Waals surface area contributed by atoms with Gasteiger partial charge in [0.2, 0.25) is 0 Å². The number of aliphatic hydroxyl groups excluding tert-OH is 1. The number of piperidine rings is 1. The van der Waals surface area contributed by atoms with Gasteiger partial charge in [0.15, 0.2) is 6.23 Å². The molecular formula is C22H26N4O3. The zero-order chi connectivity index (χ0) is 20.2. The van der Waals surface area contributed by atoms with E-state index in [0.717, 1.165) is 48.1 Å². The first-order valence-corrected chi connectivity index (χ1v) is 10.1. The van der Waals surface area contributed by atoms with E-state index >= 15 is 0 Å². The molecule has 2 aromatic carbocycles. The van der Waals surface area contributed by atoms with Gasteiger partial charge in [-0.15, -0.1) is 4.80 Å². The summed E-state index contributed by atoms with van der Waals surface area (Å²) in [5.41, 5.74) is 3.33. The highest BCUT2D eigenvalue weighted by molar-refractivity contribution is 5.73. The highest BCUT2D eigenvalue weighted by atomic mass is 16.5. The van der Waals surface area contributed by atoms with Gasteiger partial charge in [0.1, 0.15) is 11.0 Å². The normalized spacial score (nSPS) is 18.6. The third-order valence-electron chi connectivity index (χ3n) is 5.30. The summed E-state index contributed by atoms with van der Waals surface area (Å²) in [6.45, 7) is 4.65. The van der Waals surface area contributed by atoms with E-state index in [2.05, 4.69) is 15.1 Å². The van der Waals surface area contributed by atoms with Crippen LogP contribution in [0.5, 0.6) is 0 Å². The molecule has 3 aromatic rings. The molecule has 1 fully saturated rings. The minimum atomic E-state index is -0.948. The molecule has 0 radical (unpaired) electrons. The first kappa shape index (κ1) is 19.5. The maximum Gasteiger partial charge on any atom is 0.310 e. The van der Waals surface area contributed by atoms with E-state index in [0.29, 0.717) is 13.2 Å². The Labute approximate surface area is 169 Å². The second-order valence-corrected chi connectivity index (χ2v) is 7.45. The molecule has 152 valence electrons. The minimum Gasteiger partial charge on any atom is -0.466 e. The number of carbonyl (C=O) groups is 1. The van der Waals surface area contributed by atoms with Crippen LogP contribution in [0.25, 0.3) is 11.0 Å². The molecule has 2 heterocycles. The molecule has 1 aliphatic rings. The molecule has 0 amide bonds. The summed E-state index contributed by atoms with van der Waals surface area (Å²) in [7, 11) is 0. The van der Waals surface area contributed by atoms with Crippen molar-refractivity contribution in [3.63, 3.8) is 0 Å². The van der Waals surface area contributed by atoms with E-state index in [1.54, 1.807) is 0 Å². The predicted molar refractivity (Wildman–Crippen MR) is 109 cm³/mol. The van der Waals surface area contributed by atoms with E-state index < -0.39 is 6.23 Å². The fourth-order valence-electron chi connectivity index (χ4n) is 3.88. The summed E-state index contributed by atoms with van der Waals surface area (Å²) < 4.78 is 5.19. The van der Waals surface area contributed by atoms with Crippen molar-refractivity contribution in [1.29, 1.82) is 0 Å². The lowest BCUT2D eigenvalue weighted by molar-refractivity contribution is -0.150. The molecule has 0 saturated carbocycles. The third kappa shape index (κ3) is 4.46. The van der Waals surface area contributed by atoms with E-state index in [1.807, 2.05) is 55.5 Å². The van der Waals surface area contributed by atoms with E-state index in [1.165, 1.54) is 4.80 Å². The molecule has 2 unspecified atom stereocenters. The summed E-state index contributed by atoms with van der Waals surface area (Å²) in [5.74, 6) is -0.156. The molecule has 0 spiro atoms. The molecule has 29 heavy (non-hydrogen) atoms. The van der Waals surface area contributed by atoms with Gasteiger partial charge in [-0.1, -0.05) is 30.3 Å². The number of aliphatic hydroxyl groups is 1. The third-order valence-corrected chi connectivity index (χ3v) is 5.30. The summed E-state index contributed by atoms with van der Waals surface area (Å²) >= 11 is 0. The van der Waals surface area contributed by atoms with Crippen LogP contribution >= 0.6 is 0 Å². The fraction of sp³-hybridized carbons (Fsp3) is 0.409. The maximum absolute atomic E-state index is 12.1. The molecule has 1 N–H and O–H groups in total. The summed E-state index contributed by atoms with van der Waals surface area (Å²) in [6, 6.07) is 15.4. The topological polar surface area (TPSA) is 80.5 Å². The van der Waals surface area contributed by atoms with Crippen LogP contribution in [0.3, 0.4) is 0 Å². The molecule has 0 aliphatic carbocycles. The number of fused-ring (bicyclic) bond motifs is 1. The Kier molecular flexibility index (Phi) is 5.87. The van der Waals surface area contributed by atoms with Gasteiger partial charge in [0, 0.05) is 18.7 Å². The number of ether oxygens (including phenoxy) is 1. The van der Waals surface area contributed by atoms with Crippen molar-refractivity contribution in [2.24, 2.45) is 5.92 Å². The lowest BCUT2D eigenvalue weighted by Gasteiger charge is -2.31. The van der Waals surface area contributed by atoms with Crippen LogP contribution in [0, 0.1) is 5.92 Å². The van der Waals surface area contributed by atoms with Crippen molar-refractivity contribution >= 4 is 17.0 Å². The Bertz CT molecular complexity index is 954. The molecule has 0 bridgehead atoms. The Balaban J connectivity index is 1.46. The number of hydrogen-bond acceptors (Lipinski definition) is 6. The number of rotatable bonds is 6. The van der Waals surface area contributed by atoms with Crippen LogP contribution in [0.4, 0.5) is 0 Å². The van der Waals surface area contributed by atoms with Crippen molar-refractivity contribution in [2.75, 3.05) is 19.7 Å². The molecule has 2 atom stereocenters. The summed E-state index contributed by atoms with van der Waals surface area (Å²) in [4.78, 5) is 15.7. The second kappa shape index (κ2) is 8.71. The molecule has 4 rings (SSSR count).